The molecule has 2 heterocycles. The van der Waals surface area contributed by atoms with Crippen LogP contribution in [-0.4, -0.2) is 26.1 Å². The zero-order valence-corrected chi connectivity index (χ0v) is 19.7. The summed E-state index contributed by atoms with van der Waals surface area (Å²) in [5.41, 5.74) is 8.26. The molecule has 8 nitrogen and oxygen atoms in total. The van der Waals surface area contributed by atoms with E-state index in [2.05, 4.69) is 32.3 Å². The van der Waals surface area contributed by atoms with E-state index in [4.69, 9.17) is 4.84 Å². The van der Waals surface area contributed by atoms with Crippen LogP contribution in [0, 0.1) is 6.92 Å². The number of para-hydroxylation sites is 1. The minimum atomic E-state index is -0.294. The highest BCUT2D eigenvalue weighted by atomic mass is 16.6. The second-order valence-corrected chi connectivity index (χ2v) is 8.21. The monoisotopic (exact) mass is 476 g/mol. The molecule has 0 spiro atoms. The SMILES string of the molecule is C=C(NOCc1nc2ccccc2c(=O)n1/N=C/c1cn[nH]c1-c1ccc(C)cc1)c1ccccc1. The third-order valence-electron chi connectivity index (χ3n) is 5.66. The van der Waals surface area contributed by atoms with Gasteiger partial charge < -0.3 is 0 Å². The van der Waals surface area contributed by atoms with E-state index in [-0.39, 0.29) is 12.2 Å². The number of nitrogens with one attached hydrogen (secondary N) is 2. The Morgan fingerprint density at radius 3 is 2.64 bits per heavy atom. The van der Waals surface area contributed by atoms with Crippen molar-refractivity contribution in [1.82, 2.24) is 25.3 Å². The summed E-state index contributed by atoms with van der Waals surface area (Å²) in [7, 11) is 0. The molecule has 5 aromatic rings. The van der Waals surface area contributed by atoms with Crippen molar-refractivity contribution >= 4 is 22.8 Å². The molecule has 36 heavy (non-hydrogen) atoms. The van der Waals surface area contributed by atoms with Gasteiger partial charge in [-0.2, -0.15) is 14.9 Å². The number of hydrogen-bond donors (Lipinski definition) is 2. The largest absolute Gasteiger partial charge is 0.282 e. The van der Waals surface area contributed by atoms with E-state index in [1.165, 1.54) is 4.68 Å². The standard InChI is InChI=1S/C28H24N6O2/c1-19-12-14-22(15-13-19)27-23(16-29-32-27)17-30-34-26(31-25-11-7-6-10-24(25)28(34)35)18-36-33-20(2)21-8-4-3-5-9-21/h3-17,33H,2,18H2,1H3,(H,29,32)/b30-17+. The highest BCUT2D eigenvalue weighted by molar-refractivity contribution is 5.88. The van der Waals surface area contributed by atoms with Crippen LogP contribution in [0.25, 0.3) is 27.9 Å². The van der Waals surface area contributed by atoms with E-state index < -0.39 is 0 Å². The Hall–Kier alpha value is -4.82. The van der Waals surface area contributed by atoms with E-state index in [9.17, 15) is 4.79 Å². The number of rotatable bonds is 8. The average Bonchev–Trinajstić information content (AvgIpc) is 3.38. The molecule has 0 saturated carbocycles. The van der Waals surface area contributed by atoms with Crippen LogP contribution in [0.3, 0.4) is 0 Å². The molecule has 0 amide bonds. The summed E-state index contributed by atoms with van der Waals surface area (Å²) in [6.07, 6.45) is 3.26. The molecule has 0 aliphatic rings. The lowest BCUT2D eigenvalue weighted by Gasteiger charge is -2.12. The zero-order valence-electron chi connectivity index (χ0n) is 19.7. The molecule has 0 aliphatic carbocycles. The van der Waals surface area contributed by atoms with Gasteiger partial charge in [0.05, 0.1) is 34.7 Å². The minimum Gasteiger partial charge on any atom is -0.277 e. The molecule has 2 N–H and O–H groups in total. The first-order valence-electron chi connectivity index (χ1n) is 11.4. The van der Waals surface area contributed by atoms with Crippen LogP contribution in [0.1, 0.15) is 22.5 Å². The summed E-state index contributed by atoms with van der Waals surface area (Å²) in [6, 6.07) is 24.8. The predicted octanol–water partition coefficient (Wildman–Crippen LogP) is 4.67. The van der Waals surface area contributed by atoms with E-state index >= 15 is 0 Å². The summed E-state index contributed by atoms with van der Waals surface area (Å²) >= 11 is 0. The third-order valence-corrected chi connectivity index (χ3v) is 5.66. The molecule has 5 rings (SSSR count). The number of aromatic amines is 1. The van der Waals surface area contributed by atoms with Crippen molar-refractivity contribution in [2.45, 2.75) is 13.5 Å². The van der Waals surface area contributed by atoms with Crippen molar-refractivity contribution in [3.05, 3.63) is 125 Å². The van der Waals surface area contributed by atoms with Gasteiger partial charge in [0.15, 0.2) is 5.82 Å². The number of aryl methyl sites for hydroxylation is 1. The summed E-state index contributed by atoms with van der Waals surface area (Å²) in [4.78, 5) is 23.6. The van der Waals surface area contributed by atoms with Gasteiger partial charge in [-0.25, -0.2) is 4.98 Å². The Bertz CT molecular complexity index is 1600. The lowest BCUT2D eigenvalue weighted by atomic mass is 10.1. The maximum absolute atomic E-state index is 13.3. The van der Waals surface area contributed by atoms with Gasteiger partial charge in [0, 0.05) is 11.1 Å². The molecule has 0 saturated heterocycles. The van der Waals surface area contributed by atoms with E-state index in [0.29, 0.717) is 22.4 Å². The molecule has 178 valence electrons. The fraction of sp³-hybridized carbons (Fsp3) is 0.0714. The van der Waals surface area contributed by atoms with E-state index in [1.807, 2.05) is 67.6 Å². The Morgan fingerprint density at radius 1 is 1.08 bits per heavy atom. The Labute approximate surface area is 207 Å². The normalized spacial score (nSPS) is 11.2. The second kappa shape index (κ2) is 10.2. The van der Waals surface area contributed by atoms with Crippen LogP contribution >= 0.6 is 0 Å². The van der Waals surface area contributed by atoms with Crippen molar-refractivity contribution in [3.63, 3.8) is 0 Å². The third kappa shape index (κ3) is 4.84. The van der Waals surface area contributed by atoms with Crippen molar-refractivity contribution in [3.8, 4) is 11.3 Å². The van der Waals surface area contributed by atoms with Gasteiger partial charge in [0.1, 0.15) is 6.61 Å². The van der Waals surface area contributed by atoms with Gasteiger partial charge in [0.2, 0.25) is 0 Å². The highest BCUT2D eigenvalue weighted by Crippen LogP contribution is 2.20. The fourth-order valence-electron chi connectivity index (χ4n) is 3.73. The first-order valence-corrected chi connectivity index (χ1v) is 11.4. The molecular weight excluding hydrogens is 452 g/mol. The highest BCUT2D eigenvalue weighted by Gasteiger charge is 2.12. The molecule has 0 bridgehead atoms. The van der Waals surface area contributed by atoms with Crippen molar-refractivity contribution in [1.29, 1.82) is 0 Å². The fourth-order valence-corrected chi connectivity index (χ4v) is 3.73. The van der Waals surface area contributed by atoms with Crippen LogP contribution < -0.4 is 11.0 Å². The maximum Gasteiger partial charge on any atom is 0.282 e. The smallest absolute Gasteiger partial charge is 0.277 e. The van der Waals surface area contributed by atoms with Crippen LogP contribution in [0.4, 0.5) is 0 Å². The molecule has 3 aromatic carbocycles. The first kappa shape index (κ1) is 22.9. The molecule has 0 aliphatic heterocycles. The van der Waals surface area contributed by atoms with Gasteiger partial charge in [-0.05, 0) is 24.6 Å². The number of hydrogen-bond acceptors (Lipinski definition) is 6. The molecule has 8 heteroatoms. The quantitative estimate of drug-likeness (QED) is 0.251. The van der Waals surface area contributed by atoms with Gasteiger partial charge >= 0.3 is 0 Å². The van der Waals surface area contributed by atoms with Crippen LogP contribution in [-0.2, 0) is 11.4 Å². The number of hydroxylamine groups is 1. The molecular formula is C28H24N6O2. The summed E-state index contributed by atoms with van der Waals surface area (Å²) in [5.74, 6) is 0.337. The van der Waals surface area contributed by atoms with Gasteiger partial charge in [-0.3, -0.25) is 20.2 Å². The Morgan fingerprint density at radius 2 is 1.83 bits per heavy atom. The summed E-state index contributed by atoms with van der Waals surface area (Å²) in [6.45, 7) is 6.01. The molecule has 0 unspecified atom stereocenters. The first-order chi connectivity index (χ1) is 17.6. The molecule has 0 fully saturated rings. The van der Waals surface area contributed by atoms with E-state index in [1.54, 1.807) is 30.6 Å². The molecule has 2 aromatic heterocycles. The summed E-state index contributed by atoms with van der Waals surface area (Å²) < 4.78 is 1.25. The van der Waals surface area contributed by atoms with Crippen LogP contribution in [0.2, 0.25) is 0 Å². The van der Waals surface area contributed by atoms with Gasteiger partial charge in [0.25, 0.3) is 5.56 Å². The predicted molar refractivity (Wildman–Crippen MR) is 141 cm³/mol. The van der Waals surface area contributed by atoms with E-state index in [0.717, 1.165) is 27.9 Å². The van der Waals surface area contributed by atoms with Crippen molar-refractivity contribution < 1.29 is 4.84 Å². The molecule has 0 radical (unpaired) electrons. The second-order valence-electron chi connectivity index (χ2n) is 8.21. The minimum absolute atomic E-state index is 0.0144. The lowest BCUT2D eigenvalue weighted by Crippen LogP contribution is -2.24. The number of H-pyrrole nitrogens is 1. The Balaban J connectivity index is 1.45. The number of nitrogens with zero attached hydrogens (tertiary/aromatic N) is 4. The average molecular weight is 477 g/mol. The van der Waals surface area contributed by atoms with Crippen molar-refractivity contribution in [2.24, 2.45) is 5.10 Å². The van der Waals surface area contributed by atoms with Crippen molar-refractivity contribution in [2.75, 3.05) is 0 Å². The van der Waals surface area contributed by atoms with Crippen LogP contribution in [0.5, 0.6) is 0 Å². The zero-order chi connectivity index (χ0) is 24.9. The van der Waals surface area contributed by atoms with Gasteiger partial charge in [-0.1, -0.05) is 78.9 Å². The topological polar surface area (TPSA) is 97.2 Å². The number of aromatic nitrogens is 4. The number of benzene rings is 3. The lowest BCUT2D eigenvalue weighted by molar-refractivity contribution is 0.0581. The summed E-state index contributed by atoms with van der Waals surface area (Å²) in [5, 5.41) is 12.1. The number of fused-ring (bicyclic) bond motifs is 1. The Kier molecular flexibility index (Phi) is 6.51. The van der Waals surface area contributed by atoms with Gasteiger partial charge in [-0.15, -0.1) is 0 Å². The van der Waals surface area contributed by atoms with Crippen LogP contribution in [0.15, 0.2) is 102 Å². The molecule has 0 atom stereocenters. The maximum atomic E-state index is 13.3.